The summed E-state index contributed by atoms with van der Waals surface area (Å²) in [7, 11) is 4.14. The number of carbonyl (C=O) groups excluding carboxylic acids is 2. The summed E-state index contributed by atoms with van der Waals surface area (Å²) in [6, 6.07) is 0.336. The lowest BCUT2D eigenvalue weighted by molar-refractivity contribution is -0.243. The average Bonchev–Trinajstić information content (AvgIpc) is 2.83. The molecule has 2 aliphatic heterocycles. The number of ketones is 1. The van der Waals surface area contributed by atoms with Crippen molar-refractivity contribution in [3.63, 3.8) is 0 Å². The molecule has 2 aliphatic rings. The number of ether oxygens (including phenoxy) is 3. The van der Waals surface area contributed by atoms with Crippen molar-refractivity contribution >= 4 is 11.8 Å². The Morgan fingerprint density at radius 2 is 1.70 bits per heavy atom. The number of hydrogen-bond donors (Lipinski definition) is 1. The van der Waals surface area contributed by atoms with Crippen LogP contribution in [-0.4, -0.2) is 72.6 Å². The van der Waals surface area contributed by atoms with Crippen LogP contribution in [0.2, 0.25) is 0 Å². The molecule has 214 valence electrons. The summed E-state index contributed by atoms with van der Waals surface area (Å²) >= 11 is 0. The number of cyclic esters (lactones) is 1. The van der Waals surface area contributed by atoms with Crippen LogP contribution in [0, 0.1) is 29.6 Å². The van der Waals surface area contributed by atoms with Crippen molar-refractivity contribution in [2.45, 2.75) is 124 Å². The molecule has 1 unspecified atom stereocenters. The quantitative estimate of drug-likeness (QED) is 0.508. The van der Waals surface area contributed by atoms with Gasteiger partial charge in [0.05, 0.1) is 24.2 Å². The summed E-state index contributed by atoms with van der Waals surface area (Å²) in [6.07, 6.45) is 3.74. The highest BCUT2D eigenvalue weighted by atomic mass is 16.7. The van der Waals surface area contributed by atoms with E-state index in [9.17, 15) is 14.7 Å². The second kappa shape index (κ2) is 14.2. The molecule has 2 heterocycles. The second-order valence-corrected chi connectivity index (χ2v) is 12.2. The van der Waals surface area contributed by atoms with Gasteiger partial charge in [-0.2, -0.15) is 0 Å². The van der Waals surface area contributed by atoms with Crippen LogP contribution in [0.1, 0.15) is 87.5 Å². The van der Waals surface area contributed by atoms with Crippen molar-refractivity contribution in [3.8, 4) is 0 Å². The lowest BCUT2D eigenvalue weighted by Gasteiger charge is -2.42. The van der Waals surface area contributed by atoms with E-state index in [0.717, 1.165) is 19.3 Å². The molecule has 11 atom stereocenters. The molecule has 2 rings (SSSR count). The van der Waals surface area contributed by atoms with E-state index in [1.807, 2.05) is 33.8 Å². The minimum Gasteiger partial charge on any atom is -0.461 e. The Bertz CT molecular complexity index is 782. The first-order valence-corrected chi connectivity index (χ1v) is 14.3. The molecule has 7 heteroatoms. The van der Waals surface area contributed by atoms with Crippen LogP contribution in [-0.2, 0) is 23.8 Å². The molecule has 7 nitrogen and oxygen atoms in total. The summed E-state index contributed by atoms with van der Waals surface area (Å²) in [5.41, 5.74) is 0.707. The maximum atomic E-state index is 13.3. The monoisotopic (exact) mass is 523 g/mol. The summed E-state index contributed by atoms with van der Waals surface area (Å²) in [4.78, 5) is 28.7. The molecular weight excluding hydrogens is 470 g/mol. The molecule has 1 N–H and O–H groups in total. The zero-order valence-electron chi connectivity index (χ0n) is 24.9. The third-order valence-electron chi connectivity index (χ3n) is 8.50. The lowest BCUT2D eigenvalue weighted by Crippen LogP contribution is -2.48. The summed E-state index contributed by atoms with van der Waals surface area (Å²) in [5, 5.41) is 11.4. The van der Waals surface area contributed by atoms with E-state index in [2.05, 4.69) is 39.8 Å². The van der Waals surface area contributed by atoms with Crippen molar-refractivity contribution in [2.75, 3.05) is 14.1 Å². The maximum absolute atomic E-state index is 13.3. The predicted octanol–water partition coefficient (Wildman–Crippen LogP) is 5.00. The van der Waals surface area contributed by atoms with E-state index in [1.54, 1.807) is 6.92 Å². The fourth-order valence-corrected chi connectivity index (χ4v) is 6.06. The number of Topliss-reactive ketones (excluding diaryl/α,β-unsaturated/α-hetero) is 1. The molecule has 37 heavy (non-hydrogen) atoms. The molecule has 0 aromatic rings. The molecule has 0 saturated carbocycles. The van der Waals surface area contributed by atoms with Gasteiger partial charge >= 0.3 is 5.97 Å². The molecule has 0 amide bonds. The topological polar surface area (TPSA) is 85.3 Å². The van der Waals surface area contributed by atoms with Crippen LogP contribution < -0.4 is 0 Å². The molecule has 0 bridgehead atoms. The third kappa shape index (κ3) is 8.61. The van der Waals surface area contributed by atoms with Gasteiger partial charge < -0.3 is 24.2 Å². The molecule has 1 saturated heterocycles. The van der Waals surface area contributed by atoms with Gasteiger partial charge in [-0.05, 0) is 65.6 Å². The van der Waals surface area contributed by atoms with Gasteiger partial charge in [-0.1, -0.05) is 47.1 Å². The van der Waals surface area contributed by atoms with Crippen LogP contribution in [0.25, 0.3) is 0 Å². The van der Waals surface area contributed by atoms with Crippen LogP contribution in [0.5, 0.6) is 0 Å². The Morgan fingerprint density at radius 3 is 2.30 bits per heavy atom. The van der Waals surface area contributed by atoms with Crippen LogP contribution in [0.15, 0.2) is 11.6 Å². The number of aliphatic hydroxyl groups excluding tert-OH is 1. The zero-order chi connectivity index (χ0) is 28.0. The van der Waals surface area contributed by atoms with Gasteiger partial charge in [0.2, 0.25) is 0 Å². The number of nitrogens with zero attached hydrogens (tertiary/aromatic N) is 1. The maximum Gasteiger partial charge on any atom is 0.311 e. The number of carbonyl (C=O) groups is 2. The normalized spacial score (nSPS) is 41.2. The fraction of sp³-hybridized carbons (Fsp3) is 0.867. The van der Waals surface area contributed by atoms with Gasteiger partial charge in [0.15, 0.2) is 12.1 Å². The van der Waals surface area contributed by atoms with E-state index in [0.29, 0.717) is 24.5 Å². The first-order valence-electron chi connectivity index (χ1n) is 14.3. The first-order chi connectivity index (χ1) is 17.3. The molecule has 0 spiro atoms. The molecular formula is C30H53NO6. The minimum absolute atomic E-state index is 0.0357. The fourth-order valence-electron chi connectivity index (χ4n) is 6.06. The zero-order valence-corrected chi connectivity index (χ0v) is 24.9. The summed E-state index contributed by atoms with van der Waals surface area (Å²) < 4.78 is 18.7. The van der Waals surface area contributed by atoms with Crippen LogP contribution in [0.4, 0.5) is 0 Å². The van der Waals surface area contributed by atoms with Gasteiger partial charge in [0.1, 0.15) is 6.10 Å². The van der Waals surface area contributed by atoms with Crippen molar-refractivity contribution in [2.24, 2.45) is 29.6 Å². The highest BCUT2D eigenvalue weighted by Gasteiger charge is 2.40. The second-order valence-electron chi connectivity index (χ2n) is 12.2. The SMILES string of the molecule is CCC[C@H]1OC(=O)[C@H](C)[C@@H](O)[C@H](C)[C@@H](O[C@H]2CC(N(C)C)C[C@@H](C)O2)[C@@H](C)C[C@@H](C)C(=O)C(C)=C[C@H]1C. The molecule has 0 aromatic carbocycles. The van der Waals surface area contributed by atoms with E-state index >= 15 is 0 Å². The van der Waals surface area contributed by atoms with Crippen LogP contribution in [0.3, 0.4) is 0 Å². The van der Waals surface area contributed by atoms with Crippen molar-refractivity contribution in [1.29, 1.82) is 0 Å². The Balaban J connectivity index is 2.40. The highest BCUT2D eigenvalue weighted by molar-refractivity contribution is 5.96. The number of aliphatic hydroxyl groups is 1. The number of allylic oxidation sites excluding steroid dienone is 1. The summed E-state index contributed by atoms with van der Waals surface area (Å²) in [6.45, 7) is 15.7. The molecule has 0 aromatic heterocycles. The highest BCUT2D eigenvalue weighted by Crippen LogP contribution is 2.34. The van der Waals surface area contributed by atoms with Gasteiger partial charge in [0, 0.05) is 30.2 Å². The number of hydrogen-bond acceptors (Lipinski definition) is 7. The Morgan fingerprint density at radius 1 is 1.05 bits per heavy atom. The Kier molecular flexibility index (Phi) is 12.3. The van der Waals surface area contributed by atoms with Gasteiger partial charge in [-0.25, -0.2) is 0 Å². The standard InChI is InChI=1S/C30H53NO6/c1-11-12-25-17(2)13-18(3)27(32)19(4)14-20(5)29(22(7)28(33)23(8)30(34)36-25)37-26-16-24(31(9)10)15-21(6)35-26/h13,17,19-26,28-29,33H,11-12,14-16H2,1-10H3/t17-,19-,20+,21-,22+,23-,24?,25-,26+,28+,29+/m1/s1. The van der Waals surface area contributed by atoms with E-state index < -0.39 is 30.4 Å². The van der Waals surface area contributed by atoms with Gasteiger partial charge in [0.25, 0.3) is 0 Å². The Hall–Kier alpha value is -1.28. The van der Waals surface area contributed by atoms with Gasteiger partial charge in [-0.15, -0.1) is 0 Å². The smallest absolute Gasteiger partial charge is 0.311 e. The molecule has 1 fully saturated rings. The molecule has 0 radical (unpaired) electrons. The van der Waals surface area contributed by atoms with E-state index in [-0.39, 0.29) is 41.7 Å². The number of esters is 1. The summed E-state index contributed by atoms with van der Waals surface area (Å²) in [5.74, 6) is -1.68. The van der Waals surface area contributed by atoms with E-state index in [1.165, 1.54) is 0 Å². The van der Waals surface area contributed by atoms with Gasteiger partial charge in [-0.3, -0.25) is 9.59 Å². The lowest BCUT2D eigenvalue weighted by atomic mass is 9.79. The predicted molar refractivity (Wildman–Crippen MR) is 146 cm³/mol. The first kappa shape index (κ1) is 31.9. The average molecular weight is 524 g/mol. The molecule has 0 aliphatic carbocycles. The van der Waals surface area contributed by atoms with Crippen molar-refractivity contribution < 1.29 is 28.9 Å². The Labute approximate surface area is 225 Å². The largest absolute Gasteiger partial charge is 0.461 e. The van der Waals surface area contributed by atoms with Crippen LogP contribution >= 0.6 is 0 Å². The van der Waals surface area contributed by atoms with Crippen molar-refractivity contribution in [3.05, 3.63) is 11.6 Å². The van der Waals surface area contributed by atoms with Crippen molar-refractivity contribution in [1.82, 2.24) is 4.90 Å². The third-order valence-corrected chi connectivity index (χ3v) is 8.50. The minimum atomic E-state index is -0.950. The van der Waals surface area contributed by atoms with E-state index in [4.69, 9.17) is 14.2 Å². The number of rotatable bonds is 5.